The van der Waals surface area contributed by atoms with Crippen LogP contribution in [0, 0.1) is 0 Å². The molecule has 3 aromatic heterocycles. The van der Waals surface area contributed by atoms with Crippen LogP contribution in [0.3, 0.4) is 0 Å². The molecule has 2 fully saturated rings. The molecule has 0 bridgehead atoms. The van der Waals surface area contributed by atoms with Crippen molar-refractivity contribution < 1.29 is 13.7 Å². The maximum Gasteiger partial charge on any atom is 0.421 e. The maximum atomic E-state index is 4.64. The Hall–Kier alpha value is -7.09. The quantitative estimate of drug-likeness (QED) is 0.0663. The van der Waals surface area contributed by atoms with Crippen molar-refractivity contribution in [2.75, 3.05) is 46.6 Å². The van der Waals surface area contributed by atoms with Gasteiger partial charge in [-0.3, -0.25) is 0 Å². The number of imidazole rings is 3. The standard InChI is InChI=1S/C49H57N14/c1-56-33-37-62(48(56)54-52-44-13-9-40(10-14-44)50-42-17-21-46(22-18-42)60-27-3-4-28-60)31-7-25-58-35-36-59(39-58)26-8-32-63-38-34-57(2)49(63)55-53-45-15-11-41(12-16-45)51-43-19-23-47(24-20-43)61-29-5-6-30-61/h9-24,33-39H,3-8,25-32H2,1-2H3/q+1/p+2. The van der Waals surface area contributed by atoms with E-state index in [9.17, 15) is 0 Å². The van der Waals surface area contributed by atoms with E-state index in [0.717, 1.165) is 111 Å². The lowest BCUT2D eigenvalue weighted by atomic mass is 10.2. The number of azo groups is 2. The van der Waals surface area contributed by atoms with E-state index in [4.69, 9.17) is 0 Å². The van der Waals surface area contributed by atoms with E-state index < -0.39 is 0 Å². The molecule has 2 N–H and O–H groups in total. The first kappa shape index (κ1) is 41.3. The Morgan fingerprint density at radius 3 is 1.37 bits per heavy atom. The predicted molar refractivity (Wildman–Crippen MR) is 249 cm³/mol. The highest BCUT2D eigenvalue weighted by Crippen LogP contribution is 2.28. The molecule has 0 atom stereocenters. The van der Waals surface area contributed by atoms with Crippen LogP contribution >= 0.6 is 0 Å². The molecule has 0 saturated carbocycles. The van der Waals surface area contributed by atoms with Gasteiger partial charge in [-0.2, -0.15) is 0 Å². The number of benzene rings is 4. The summed E-state index contributed by atoms with van der Waals surface area (Å²) in [6.07, 6.45) is 21.8. The molecule has 9 rings (SSSR count). The summed E-state index contributed by atoms with van der Waals surface area (Å²) in [5.74, 6) is 1.63. The Morgan fingerprint density at radius 1 is 0.476 bits per heavy atom. The lowest BCUT2D eigenvalue weighted by Gasteiger charge is -2.18. The molecule has 0 aliphatic carbocycles. The minimum atomic E-state index is 0.810. The van der Waals surface area contributed by atoms with Gasteiger partial charge in [-0.05, 0) is 123 Å². The number of hydrogen-bond acceptors (Lipinski definition) is 8. The molecule has 7 aromatic rings. The van der Waals surface area contributed by atoms with Crippen molar-refractivity contribution in [2.24, 2.45) is 34.6 Å². The molecule has 14 heteroatoms. The second-order valence-corrected chi connectivity index (χ2v) is 16.6. The first-order chi connectivity index (χ1) is 31.0. The van der Waals surface area contributed by atoms with Gasteiger partial charge in [0.25, 0.3) is 0 Å². The van der Waals surface area contributed by atoms with Crippen LogP contribution in [0.5, 0.6) is 0 Å². The first-order valence-corrected chi connectivity index (χ1v) is 22.4. The zero-order chi connectivity index (χ0) is 42.8. The minimum Gasteiger partial charge on any atom is -0.372 e. The average molecular weight is 844 g/mol. The molecule has 2 saturated heterocycles. The molecular weight excluding hydrogens is 785 g/mol. The van der Waals surface area contributed by atoms with Gasteiger partial charge >= 0.3 is 11.9 Å². The molecule has 0 spiro atoms. The van der Waals surface area contributed by atoms with Crippen molar-refractivity contribution in [3.8, 4) is 0 Å². The fourth-order valence-corrected chi connectivity index (χ4v) is 8.41. The lowest BCUT2D eigenvalue weighted by molar-refractivity contribution is -0.697. The van der Waals surface area contributed by atoms with E-state index in [0.29, 0.717) is 0 Å². The van der Waals surface area contributed by atoms with E-state index in [1.54, 1.807) is 0 Å². The molecule has 2 aliphatic heterocycles. The summed E-state index contributed by atoms with van der Waals surface area (Å²) in [6, 6.07) is 33.6. The fourth-order valence-electron chi connectivity index (χ4n) is 8.41. The smallest absolute Gasteiger partial charge is 0.372 e. The summed E-state index contributed by atoms with van der Waals surface area (Å²) >= 11 is 0. The van der Waals surface area contributed by atoms with Gasteiger partial charge < -0.3 is 20.4 Å². The van der Waals surface area contributed by atoms with Gasteiger partial charge in [0.2, 0.25) is 6.33 Å². The number of hydrogen-bond donors (Lipinski definition) is 2. The Kier molecular flexibility index (Phi) is 12.9. The second-order valence-electron chi connectivity index (χ2n) is 16.6. The Labute approximate surface area is 370 Å². The van der Waals surface area contributed by atoms with E-state index in [1.165, 1.54) is 37.1 Å². The topological polar surface area (TPSA) is 106 Å². The summed E-state index contributed by atoms with van der Waals surface area (Å²) in [6.45, 7) is 8.09. The van der Waals surface area contributed by atoms with Gasteiger partial charge in [0, 0.05) is 83.4 Å². The van der Waals surface area contributed by atoms with Crippen molar-refractivity contribution in [2.45, 2.75) is 64.7 Å². The monoisotopic (exact) mass is 844 g/mol. The molecule has 322 valence electrons. The largest absolute Gasteiger partial charge is 0.421 e. The van der Waals surface area contributed by atoms with Crippen LogP contribution in [0.25, 0.3) is 0 Å². The summed E-state index contributed by atoms with van der Waals surface area (Å²) < 4.78 is 12.9. The molecule has 4 aromatic carbocycles. The third-order valence-electron chi connectivity index (χ3n) is 12.0. The average Bonchev–Trinajstić information content (AvgIpc) is 4.18. The maximum absolute atomic E-state index is 4.64. The van der Waals surface area contributed by atoms with Crippen LogP contribution in [-0.4, -0.2) is 39.9 Å². The number of anilines is 6. The Balaban J connectivity index is 0.710. The highest BCUT2D eigenvalue weighted by atomic mass is 15.3. The highest BCUT2D eigenvalue weighted by Gasteiger charge is 2.18. The number of rotatable bonds is 18. The van der Waals surface area contributed by atoms with E-state index in [2.05, 4.69) is 139 Å². The summed E-state index contributed by atoms with van der Waals surface area (Å²) in [7, 11) is 4.02. The van der Waals surface area contributed by atoms with Crippen LogP contribution < -0.4 is 34.1 Å². The minimum absolute atomic E-state index is 0.810. The van der Waals surface area contributed by atoms with Crippen molar-refractivity contribution in [3.63, 3.8) is 0 Å². The molecule has 0 unspecified atom stereocenters. The van der Waals surface area contributed by atoms with Crippen LogP contribution in [0.4, 0.5) is 57.4 Å². The number of aryl methyl sites for hydroxylation is 6. The van der Waals surface area contributed by atoms with Gasteiger partial charge in [-0.1, -0.05) is 10.2 Å². The Morgan fingerprint density at radius 2 is 0.905 bits per heavy atom. The SMILES string of the molecule is C[n+]1ccn(CCCn2cc[n+](CCCn3cc[n+](C)c3N=Nc3ccc(Nc4ccc(N5CCCC5)cc4)cc3)c2)c1N=Nc1ccc(Nc2ccc(N3CCCC3)cc2)cc1. The molecule has 14 nitrogen and oxygen atoms in total. The summed E-state index contributed by atoms with van der Waals surface area (Å²) in [5, 5.41) is 25.4. The van der Waals surface area contributed by atoms with E-state index in [-0.39, 0.29) is 0 Å². The molecule has 2 aliphatic rings. The van der Waals surface area contributed by atoms with Gasteiger partial charge in [0.1, 0.15) is 23.8 Å². The molecular formula is C49H59N14+3. The third-order valence-corrected chi connectivity index (χ3v) is 12.0. The van der Waals surface area contributed by atoms with Gasteiger partial charge in [-0.25, -0.2) is 27.4 Å². The van der Waals surface area contributed by atoms with Gasteiger partial charge in [-0.15, -0.1) is 0 Å². The van der Waals surface area contributed by atoms with Crippen molar-refractivity contribution in [3.05, 3.63) is 141 Å². The van der Waals surface area contributed by atoms with Crippen molar-refractivity contribution in [1.82, 2.24) is 13.7 Å². The predicted octanol–water partition coefficient (Wildman–Crippen LogP) is 9.73. The van der Waals surface area contributed by atoms with Gasteiger partial charge in [0.15, 0.2) is 0 Å². The number of nitrogens with one attached hydrogen (secondary N) is 2. The summed E-state index contributed by atoms with van der Waals surface area (Å²) in [5.41, 5.74) is 8.40. The molecule has 0 radical (unpaired) electrons. The van der Waals surface area contributed by atoms with Crippen molar-refractivity contribution >= 4 is 57.4 Å². The first-order valence-electron chi connectivity index (χ1n) is 22.4. The molecule has 5 heterocycles. The normalized spacial score (nSPS) is 14.2. The molecule has 0 amide bonds. The van der Waals surface area contributed by atoms with Crippen LogP contribution in [-0.2, 0) is 40.3 Å². The van der Waals surface area contributed by atoms with E-state index in [1.807, 2.05) is 84.2 Å². The van der Waals surface area contributed by atoms with Crippen LogP contribution in [0.15, 0.2) is 161 Å². The van der Waals surface area contributed by atoms with Crippen LogP contribution in [0.1, 0.15) is 38.5 Å². The number of aromatic nitrogens is 6. The fraction of sp³-hybridized carbons (Fsp3) is 0.327. The van der Waals surface area contributed by atoms with E-state index >= 15 is 0 Å². The molecule has 63 heavy (non-hydrogen) atoms. The zero-order valence-electron chi connectivity index (χ0n) is 36.5. The third kappa shape index (κ3) is 10.7. The highest BCUT2D eigenvalue weighted by molar-refractivity contribution is 5.65. The Bertz CT molecular complexity index is 2410. The summed E-state index contributed by atoms with van der Waals surface area (Å²) in [4.78, 5) is 4.90. The second kappa shape index (κ2) is 19.7. The number of nitrogens with zero attached hydrogens (tertiary/aromatic N) is 12. The van der Waals surface area contributed by atoms with Gasteiger partial charge in [0.05, 0.1) is 65.1 Å². The lowest BCUT2D eigenvalue weighted by Crippen LogP contribution is -2.32. The van der Waals surface area contributed by atoms with Crippen LogP contribution in [0.2, 0.25) is 0 Å². The van der Waals surface area contributed by atoms with Crippen molar-refractivity contribution in [1.29, 1.82) is 0 Å². The zero-order valence-corrected chi connectivity index (χ0v) is 36.5.